The average Bonchev–Trinajstić information content (AvgIpc) is 3.14. The number of aromatic nitrogens is 1. The summed E-state index contributed by atoms with van der Waals surface area (Å²) in [6, 6.07) is 16.9. The molecule has 3 aromatic rings. The monoisotopic (exact) mass is 390 g/mol. The molecule has 4 rings (SSSR count). The van der Waals surface area contributed by atoms with Crippen LogP contribution in [0.15, 0.2) is 54.7 Å². The van der Waals surface area contributed by atoms with Crippen molar-refractivity contribution in [2.24, 2.45) is 0 Å². The number of anilines is 1. The van der Waals surface area contributed by atoms with Crippen LogP contribution in [0, 0.1) is 6.92 Å². The number of rotatable bonds is 7. The molecule has 0 saturated carbocycles. The van der Waals surface area contributed by atoms with Gasteiger partial charge in [-0.2, -0.15) is 0 Å². The number of hydrogen-bond acceptors (Lipinski definition) is 3. The Bertz CT molecular complexity index is 956. The summed E-state index contributed by atoms with van der Waals surface area (Å²) in [5.41, 5.74) is 4.79. The van der Waals surface area contributed by atoms with Gasteiger partial charge in [0, 0.05) is 55.5 Å². The van der Waals surface area contributed by atoms with Gasteiger partial charge in [-0.3, -0.25) is 9.69 Å². The number of aromatic amines is 1. The summed E-state index contributed by atoms with van der Waals surface area (Å²) in [6.07, 6.45) is 3.36. The molecule has 1 amide bonds. The summed E-state index contributed by atoms with van der Waals surface area (Å²) in [7, 11) is 0. The van der Waals surface area contributed by atoms with Crippen molar-refractivity contribution in [3.8, 4) is 0 Å². The lowest BCUT2D eigenvalue weighted by molar-refractivity contribution is -0.120. The van der Waals surface area contributed by atoms with Crippen molar-refractivity contribution in [1.29, 1.82) is 0 Å². The molecule has 1 saturated heterocycles. The summed E-state index contributed by atoms with van der Waals surface area (Å²) in [4.78, 5) is 20.5. The summed E-state index contributed by atoms with van der Waals surface area (Å²) < 4.78 is 0. The molecular formula is C24H30N4O. The van der Waals surface area contributed by atoms with Crippen LogP contribution >= 0.6 is 0 Å². The molecule has 5 heteroatoms. The predicted molar refractivity (Wildman–Crippen MR) is 119 cm³/mol. The first kappa shape index (κ1) is 19.5. The van der Waals surface area contributed by atoms with Crippen LogP contribution in [0.3, 0.4) is 0 Å². The van der Waals surface area contributed by atoms with E-state index in [1.54, 1.807) is 0 Å². The van der Waals surface area contributed by atoms with E-state index in [2.05, 4.69) is 57.4 Å². The van der Waals surface area contributed by atoms with Gasteiger partial charge in [0.15, 0.2) is 0 Å². The number of benzene rings is 2. The molecule has 0 bridgehead atoms. The smallest absolute Gasteiger partial charge is 0.224 e. The molecule has 29 heavy (non-hydrogen) atoms. The zero-order valence-electron chi connectivity index (χ0n) is 17.2. The number of hydrogen-bond donors (Lipinski definition) is 2. The largest absolute Gasteiger partial charge is 0.369 e. The van der Waals surface area contributed by atoms with E-state index < -0.39 is 0 Å². The Balaban J connectivity index is 1.15. The minimum atomic E-state index is 0.0963. The average molecular weight is 391 g/mol. The van der Waals surface area contributed by atoms with Crippen LogP contribution < -0.4 is 10.2 Å². The lowest BCUT2D eigenvalue weighted by Crippen LogP contribution is -2.47. The fraction of sp³-hybridized carbons (Fsp3) is 0.375. The molecule has 2 heterocycles. The Morgan fingerprint density at radius 1 is 1.07 bits per heavy atom. The zero-order chi connectivity index (χ0) is 20.1. The highest BCUT2D eigenvalue weighted by atomic mass is 16.1. The van der Waals surface area contributed by atoms with Gasteiger partial charge in [-0.1, -0.05) is 30.3 Å². The molecule has 1 aliphatic heterocycles. The summed E-state index contributed by atoms with van der Waals surface area (Å²) in [5, 5.41) is 4.21. The van der Waals surface area contributed by atoms with Crippen LogP contribution in [-0.2, 0) is 11.2 Å². The van der Waals surface area contributed by atoms with Crippen molar-refractivity contribution in [3.05, 3.63) is 65.9 Å². The molecule has 0 aliphatic carbocycles. The molecule has 1 aliphatic rings. The van der Waals surface area contributed by atoms with E-state index in [1.165, 1.54) is 11.3 Å². The van der Waals surface area contributed by atoms with Crippen LogP contribution in [-0.4, -0.2) is 55.1 Å². The van der Waals surface area contributed by atoms with Gasteiger partial charge in [0.1, 0.15) is 0 Å². The first-order valence-corrected chi connectivity index (χ1v) is 10.5. The Kier molecular flexibility index (Phi) is 6.15. The fourth-order valence-corrected chi connectivity index (χ4v) is 4.10. The molecule has 1 aromatic heterocycles. The minimum Gasteiger partial charge on any atom is -0.369 e. The summed E-state index contributed by atoms with van der Waals surface area (Å²) in [5.74, 6) is 0.0963. The van der Waals surface area contributed by atoms with Crippen molar-refractivity contribution >= 4 is 22.5 Å². The number of carbonyl (C=O) groups excluding carboxylic acids is 1. The quantitative estimate of drug-likeness (QED) is 0.609. The molecule has 1 fully saturated rings. The second-order valence-electron chi connectivity index (χ2n) is 7.91. The second kappa shape index (κ2) is 9.14. The lowest BCUT2D eigenvalue weighted by Gasteiger charge is -2.36. The van der Waals surface area contributed by atoms with Crippen LogP contribution in [0.2, 0.25) is 0 Å². The van der Waals surface area contributed by atoms with Gasteiger partial charge in [0.05, 0.1) is 6.42 Å². The van der Waals surface area contributed by atoms with Gasteiger partial charge in [-0.25, -0.2) is 0 Å². The minimum absolute atomic E-state index is 0.0963. The summed E-state index contributed by atoms with van der Waals surface area (Å²) >= 11 is 0. The molecule has 5 nitrogen and oxygen atoms in total. The topological polar surface area (TPSA) is 51.4 Å². The van der Waals surface area contributed by atoms with Gasteiger partial charge >= 0.3 is 0 Å². The van der Waals surface area contributed by atoms with Crippen LogP contribution in [0.5, 0.6) is 0 Å². The van der Waals surface area contributed by atoms with E-state index in [0.717, 1.165) is 62.2 Å². The first-order chi connectivity index (χ1) is 14.2. The van der Waals surface area contributed by atoms with Gasteiger partial charge < -0.3 is 15.2 Å². The van der Waals surface area contributed by atoms with Crippen molar-refractivity contribution in [3.63, 3.8) is 0 Å². The van der Waals surface area contributed by atoms with Gasteiger partial charge in [0.2, 0.25) is 5.91 Å². The highest BCUT2D eigenvalue weighted by molar-refractivity contribution is 5.88. The van der Waals surface area contributed by atoms with E-state index in [-0.39, 0.29) is 5.91 Å². The Morgan fingerprint density at radius 2 is 1.90 bits per heavy atom. The third kappa shape index (κ3) is 4.98. The number of piperazine rings is 1. The number of carbonyl (C=O) groups is 1. The van der Waals surface area contributed by atoms with Crippen molar-refractivity contribution in [1.82, 2.24) is 15.2 Å². The van der Waals surface area contributed by atoms with E-state index in [0.29, 0.717) is 6.42 Å². The van der Waals surface area contributed by atoms with Crippen LogP contribution in [0.25, 0.3) is 10.9 Å². The standard InChI is InChI=1S/C24H30N4O/c1-19-6-4-7-21(16-19)28-14-12-27(13-15-28)11-5-10-25-24(29)17-20-18-26-23-9-3-2-8-22(20)23/h2-4,6-9,16,18,26H,5,10-15,17H2,1H3,(H,25,29). The van der Waals surface area contributed by atoms with Crippen LogP contribution in [0.1, 0.15) is 17.5 Å². The maximum Gasteiger partial charge on any atom is 0.224 e. The lowest BCUT2D eigenvalue weighted by atomic mass is 10.1. The third-order valence-electron chi connectivity index (χ3n) is 5.74. The Labute approximate surface area is 172 Å². The molecule has 152 valence electrons. The summed E-state index contributed by atoms with van der Waals surface area (Å²) in [6.45, 7) is 8.21. The molecule has 0 spiro atoms. The van der Waals surface area contributed by atoms with Crippen LogP contribution in [0.4, 0.5) is 5.69 Å². The van der Waals surface area contributed by atoms with E-state index in [9.17, 15) is 4.79 Å². The number of fused-ring (bicyclic) bond motifs is 1. The van der Waals surface area contributed by atoms with Gasteiger partial charge in [0.25, 0.3) is 0 Å². The number of nitrogens with one attached hydrogen (secondary N) is 2. The molecule has 0 unspecified atom stereocenters. The van der Waals surface area contributed by atoms with E-state index >= 15 is 0 Å². The highest BCUT2D eigenvalue weighted by Gasteiger charge is 2.17. The predicted octanol–water partition coefficient (Wildman–Crippen LogP) is 3.35. The number of aryl methyl sites for hydroxylation is 1. The number of H-pyrrole nitrogens is 1. The first-order valence-electron chi connectivity index (χ1n) is 10.5. The number of para-hydroxylation sites is 1. The van der Waals surface area contributed by atoms with Gasteiger partial charge in [-0.15, -0.1) is 0 Å². The SMILES string of the molecule is Cc1cccc(N2CCN(CCCNC(=O)Cc3c[nH]c4ccccc34)CC2)c1. The van der Waals surface area contributed by atoms with Crippen molar-refractivity contribution < 1.29 is 4.79 Å². The maximum absolute atomic E-state index is 12.3. The van der Waals surface area contributed by atoms with Crippen molar-refractivity contribution in [2.75, 3.05) is 44.2 Å². The Morgan fingerprint density at radius 3 is 2.72 bits per heavy atom. The normalized spacial score (nSPS) is 15.0. The van der Waals surface area contributed by atoms with E-state index in [1.807, 2.05) is 24.4 Å². The number of nitrogens with zero attached hydrogens (tertiary/aromatic N) is 2. The second-order valence-corrected chi connectivity index (χ2v) is 7.91. The zero-order valence-corrected chi connectivity index (χ0v) is 17.2. The molecule has 2 aromatic carbocycles. The molecule has 0 atom stereocenters. The Hall–Kier alpha value is -2.79. The third-order valence-corrected chi connectivity index (χ3v) is 5.74. The highest BCUT2D eigenvalue weighted by Crippen LogP contribution is 2.19. The molecule has 0 radical (unpaired) electrons. The molecule has 2 N–H and O–H groups in total. The molecular weight excluding hydrogens is 360 g/mol. The van der Waals surface area contributed by atoms with E-state index in [4.69, 9.17) is 0 Å². The van der Waals surface area contributed by atoms with Gasteiger partial charge in [-0.05, 0) is 49.2 Å². The maximum atomic E-state index is 12.3. The fourth-order valence-electron chi connectivity index (χ4n) is 4.10. The number of amides is 1. The van der Waals surface area contributed by atoms with Crippen molar-refractivity contribution in [2.45, 2.75) is 19.8 Å².